The molecule has 0 N–H and O–H groups in total. The molecule has 0 aliphatic carbocycles. The number of alkyl halides is 2. The number of ether oxygens (including phenoxy) is 1. The third-order valence-corrected chi connectivity index (χ3v) is 2.76. The maximum atomic E-state index is 13.8. The van der Waals surface area contributed by atoms with Crippen LogP contribution in [0.15, 0.2) is 5.11 Å². The number of piperidine rings is 1. The molecule has 0 aromatic heterocycles. The lowest BCUT2D eigenvalue weighted by molar-refractivity contribution is -0.107. The summed E-state index contributed by atoms with van der Waals surface area (Å²) in [5, 5.41) is 3.19. The molecule has 0 spiro atoms. The highest BCUT2D eigenvalue weighted by Gasteiger charge is 2.46. The molecule has 0 aromatic carbocycles. The Morgan fingerprint density at radius 3 is 2.68 bits per heavy atom. The summed E-state index contributed by atoms with van der Waals surface area (Å²) in [6.07, 6.45) is -0.653. The van der Waals surface area contributed by atoms with E-state index in [2.05, 4.69) is 10.0 Å². The number of halogens is 2. The average molecular weight is 276 g/mol. The summed E-state index contributed by atoms with van der Waals surface area (Å²) in [6, 6.07) is 0. The van der Waals surface area contributed by atoms with Gasteiger partial charge in [-0.2, -0.15) is 0 Å². The molecule has 1 atom stereocenters. The van der Waals surface area contributed by atoms with Crippen LogP contribution in [0.2, 0.25) is 0 Å². The number of likely N-dealkylation sites (tertiary alicyclic amines) is 1. The fourth-order valence-electron chi connectivity index (χ4n) is 1.83. The molecule has 108 valence electrons. The van der Waals surface area contributed by atoms with Crippen molar-refractivity contribution in [2.45, 2.75) is 38.7 Å². The summed E-state index contributed by atoms with van der Waals surface area (Å²) in [5.41, 5.74) is 7.45. The predicted octanol–water partition coefficient (Wildman–Crippen LogP) is 3.19. The first kappa shape index (κ1) is 15.5. The van der Waals surface area contributed by atoms with Crippen molar-refractivity contribution < 1.29 is 18.3 Å². The monoisotopic (exact) mass is 276 g/mol. The molecular weight excluding hydrogens is 258 g/mol. The van der Waals surface area contributed by atoms with Gasteiger partial charge in [0.1, 0.15) is 5.60 Å². The van der Waals surface area contributed by atoms with Gasteiger partial charge in [-0.1, -0.05) is 5.11 Å². The molecule has 0 bridgehead atoms. The Hall–Kier alpha value is -1.56. The second-order valence-electron chi connectivity index (χ2n) is 5.56. The smallest absolute Gasteiger partial charge is 0.410 e. The Bertz CT molecular complexity index is 389. The van der Waals surface area contributed by atoms with Crippen LogP contribution in [0.1, 0.15) is 27.2 Å². The van der Waals surface area contributed by atoms with E-state index in [1.165, 1.54) is 0 Å². The first-order chi connectivity index (χ1) is 8.65. The molecule has 1 amide bonds. The van der Waals surface area contributed by atoms with E-state index in [4.69, 9.17) is 10.3 Å². The van der Waals surface area contributed by atoms with Gasteiger partial charge in [-0.25, -0.2) is 13.6 Å². The van der Waals surface area contributed by atoms with Crippen molar-refractivity contribution in [2.75, 3.05) is 19.6 Å². The molecule has 1 rings (SSSR count). The quantitative estimate of drug-likeness (QED) is 0.441. The summed E-state index contributed by atoms with van der Waals surface area (Å²) in [5.74, 6) is -4.09. The lowest BCUT2D eigenvalue weighted by Crippen LogP contribution is -2.52. The third kappa shape index (κ3) is 4.55. The summed E-state index contributed by atoms with van der Waals surface area (Å²) in [7, 11) is 0. The van der Waals surface area contributed by atoms with Crippen LogP contribution in [0.5, 0.6) is 0 Å². The minimum absolute atomic E-state index is 0.0886. The summed E-state index contributed by atoms with van der Waals surface area (Å²) >= 11 is 0. The minimum atomic E-state index is -3.07. The average Bonchev–Trinajstić information content (AvgIpc) is 2.24. The van der Waals surface area contributed by atoms with Crippen molar-refractivity contribution >= 4 is 6.09 Å². The fourth-order valence-corrected chi connectivity index (χ4v) is 1.83. The van der Waals surface area contributed by atoms with Gasteiger partial charge < -0.3 is 9.64 Å². The van der Waals surface area contributed by atoms with Crippen LogP contribution in [-0.4, -0.2) is 42.2 Å². The number of hydrogen-bond acceptors (Lipinski definition) is 3. The molecule has 0 saturated carbocycles. The Morgan fingerprint density at radius 1 is 1.58 bits per heavy atom. The Kier molecular flexibility index (Phi) is 4.57. The minimum Gasteiger partial charge on any atom is -0.444 e. The number of carbonyl (C=O) groups excluding carboxylic acids is 1. The lowest BCUT2D eigenvalue weighted by atomic mass is 9.93. The largest absolute Gasteiger partial charge is 0.444 e. The van der Waals surface area contributed by atoms with Crippen LogP contribution in [0.3, 0.4) is 0 Å². The highest BCUT2D eigenvalue weighted by atomic mass is 19.3. The Labute approximate surface area is 110 Å². The standard InChI is InChI=1S/C11H18F2N4O2/c1-10(2,3)19-9(18)17-5-4-8(6-15-16-14)11(12,13)7-17/h8H,4-7H2,1-3H3/t8-/m0/s1. The molecule has 19 heavy (non-hydrogen) atoms. The van der Waals surface area contributed by atoms with Gasteiger partial charge >= 0.3 is 6.09 Å². The zero-order valence-corrected chi connectivity index (χ0v) is 11.3. The first-order valence-electron chi connectivity index (χ1n) is 6.02. The number of hydrogen-bond donors (Lipinski definition) is 0. The van der Waals surface area contributed by atoms with E-state index < -0.39 is 30.1 Å². The number of rotatable bonds is 2. The number of nitrogens with zero attached hydrogens (tertiary/aromatic N) is 4. The van der Waals surface area contributed by atoms with E-state index >= 15 is 0 Å². The molecule has 1 heterocycles. The van der Waals surface area contributed by atoms with Crippen LogP contribution >= 0.6 is 0 Å². The van der Waals surface area contributed by atoms with Gasteiger partial charge in [-0.05, 0) is 32.7 Å². The van der Waals surface area contributed by atoms with Gasteiger partial charge in [-0.15, -0.1) is 0 Å². The van der Waals surface area contributed by atoms with Crippen molar-refractivity contribution in [1.82, 2.24) is 4.90 Å². The van der Waals surface area contributed by atoms with E-state index in [1.807, 2.05) is 0 Å². The van der Waals surface area contributed by atoms with Crippen molar-refractivity contribution in [2.24, 2.45) is 11.0 Å². The van der Waals surface area contributed by atoms with Crippen LogP contribution in [0.4, 0.5) is 13.6 Å². The lowest BCUT2D eigenvalue weighted by Gasteiger charge is -2.38. The zero-order chi connectivity index (χ0) is 14.7. The zero-order valence-electron chi connectivity index (χ0n) is 11.3. The van der Waals surface area contributed by atoms with Crippen molar-refractivity contribution in [3.63, 3.8) is 0 Å². The molecule has 8 heteroatoms. The summed E-state index contributed by atoms with van der Waals surface area (Å²) in [4.78, 5) is 15.2. The topological polar surface area (TPSA) is 78.3 Å². The molecule has 6 nitrogen and oxygen atoms in total. The van der Waals surface area contributed by atoms with E-state index in [0.29, 0.717) is 0 Å². The van der Waals surface area contributed by atoms with Gasteiger partial charge in [0.25, 0.3) is 5.92 Å². The normalized spacial score (nSPS) is 22.6. The third-order valence-electron chi connectivity index (χ3n) is 2.76. The van der Waals surface area contributed by atoms with E-state index in [9.17, 15) is 13.6 Å². The van der Waals surface area contributed by atoms with E-state index in [-0.39, 0.29) is 19.5 Å². The Balaban J connectivity index is 2.65. The highest BCUT2D eigenvalue weighted by molar-refractivity contribution is 5.68. The van der Waals surface area contributed by atoms with Crippen molar-refractivity contribution in [3.05, 3.63) is 10.4 Å². The molecule has 1 aliphatic heterocycles. The second-order valence-corrected chi connectivity index (χ2v) is 5.56. The maximum Gasteiger partial charge on any atom is 0.410 e. The van der Waals surface area contributed by atoms with Gasteiger partial charge in [0, 0.05) is 23.9 Å². The van der Waals surface area contributed by atoms with Crippen molar-refractivity contribution in [1.29, 1.82) is 0 Å². The van der Waals surface area contributed by atoms with Gasteiger partial charge in [0.05, 0.1) is 6.54 Å². The van der Waals surface area contributed by atoms with Gasteiger partial charge in [0.15, 0.2) is 0 Å². The van der Waals surface area contributed by atoms with Crippen LogP contribution in [0.25, 0.3) is 10.4 Å². The van der Waals surface area contributed by atoms with Crippen LogP contribution < -0.4 is 0 Å². The first-order valence-corrected chi connectivity index (χ1v) is 6.02. The molecule has 0 aromatic rings. The highest BCUT2D eigenvalue weighted by Crippen LogP contribution is 2.33. The molecule has 1 aliphatic rings. The van der Waals surface area contributed by atoms with Crippen LogP contribution in [0, 0.1) is 5.92 Å². The van der Waals surface area contributed by atoms with E-state index in [1.54, 1.807) is 20.8 Å². The van der Waals surface area contributed by atoms with Gasteiger partial charge in [0.2, 0.25) is 0 Å². The van der Waals surface area contributed by atoms with Crippen molar-refractivity contribution in [3.8, 4) is 0 Å². The maximum absolute atomic E-state index is 13.8. The summed E-state index contributed by atoms with van der Waals surface area (Å²) in [6.45, 7) is 4.25. The molecule has 0 radical (unpaired) electrons. The number of amides is 1. The summed E-state index contributed by atoms with van der Waals surface area (Å²) < 4.78 is 32.7. The second kappa shape index (κ2) is 5.61. The van der Waals surface area contributed by atoms with Crippen LogP contribution in [-0.2, 0) is 4.74 Å². The molecule has 1 fully saturated rings. The predicted molar refractivity (Wildman–Crippen MR) is 64.9 cm³/mol. The molecule has 1 saturated heterocycles. The SMILES string of the molecule is CC(C)(C)OC(=O)N1CC[C@@H](CN=[N+]=[N-])C(F)(F)C1. The Morgan fingerprint density at radius 2 is 2.21 bits per heavy atom. The molecule has 0 unspecified atom stereocenters. The number of azide groups is 1. The van der Waals surface area contributed by atoms with Gasteiger partial charge in [-0.3, -0.25) is 0 Å². The van der Waals surface area contributed by atoms with E-state index in [0.717, 1.165) is 4.90 Å². The number of carbonyl (C=O) groups is 1. The fraction of sp³-hybridized carbons (Fsp3) is 0.909. The molecular formula is C11H18F2N4O2.